The zero-order valence-corrected chi connectivity index (χ0v) is 16.5. The van der Waals surface area contributed by atoms with Gasteiger partial charge in [-0.1, -0.05) is 0 Å². The molecule has 0 aromatic heterocycles. The van der Waals surface area contributed by atoms with Crippen molar-refractivity contribution in [2.75, 3.05) is 48.3 Å². The van der Waals surface area contributed by atoms with Gasteiger partial charge in [0.2, 0.25) is 5.91 Å². The van der Waals surface area contributed by atoms with E-state index in [0.717, 1.165) is 30.9 Å². The van der Waals surface area contributed by atoms with Crippen molar-refractivity contribution in [3.05, 3.63) is 53.8 Å². The fraction of sp³-hybridized carbons (Fsp3) is 0.364. The van der Waals surface area contributed by atoms with E-state index in [1.54, 1.807) is 24.3 Å². The Balaban J connectivity index is 1.35. The Labute approximate surface area is 169 Å². The second-order valence-corrected chi connectivity index (χ2v) is 7.74. The van der Waals surface area contributed by atoms with Gasteiger partial charge in [0, 0.05) is 50.9 Å². The number of benzene rings is 2. The average Bonchev–Trinajstić information content (AvgIpc) is 3.14. The average molecular weight is 396 g/mol. The van der Waals surface area contributed by atoms with Crippen molar-refractivity contribution >= 4 is 28.9 Å². The van der Waals surface area contributed by atoms with Crippen LogP contribution >= 0.6 is 0 Å². The van der Waals surface area contributed by atoms with Gasteiger partial charge in [0.1, 0.15) is 5.82 Å². The molecule has 2 aliphatic rings. The molecule has 2 amide bonds. The number of anilines is 3. The molecule has 29 heavy (non-hydrogen) atoms. The van der Waals surface area contributed by atoms with E-state index >= 15 is 0 Å². The van der Waals surface area contributed by atoms with E-state index < -0.39 is 0 Å². The molecule has 0 spiro atoms. The summed E-state index contributed by atoms with van der Waals surface area (Å²) >= 11 is 0. The zero-order valence-electron chi connectivity index (χ0n) is 16.5. The normalized spacial score (nSPS) is 18.8. The molecule has 0 radical (unpaired) electrons. The van der Waals surface area contributed by atoms with Gasteiger partial charge in [0.05, 0.1) is 11.4 Å². The van der Waals surface area contributed by atoms with Crippen molar-refractivity contribution in [1.29, 1.82) is 0 Å². The molecule has 152 valence electrons. The van der Waals surface area contributed by atoms with Crippen molar-refractivity contribution < 1.29 is 14.0 Å². The van der Waals surface area contributed by atoms with Crippen molar-refractivity contribution in [2.45, 2.75) is 12.8 Å². The molecule has 2 N–H and O–H groups in total. The highest BCUT2D eigenvalue weighted by Gasteiger charge is 2.24. The van der Waals surface area contributed by atoms with E-state index in [4.69, 9.17) is 0 Å². The van der Waals surface area contributed by atoms with Gasteiger partial charge in [-0.25, -0.2) is 4.39 Å². The lowest BCUT2D eigenvalue weighted by Gasteiger charge is -2.19. The van der Waals surface area contributed by atoms with Crippen molar-refractivity contribution in [3.63, 3.8) is 0 Å². The van der Waals surface area contributed by atoms with Gasteiger partial charge in [-0.2, -0.15) is 0 Å². The minimum absolute atomic E-state index is 0.0417. The van der Waals surface area contributed by atoms with Gasteiger partial charge < -0.3 is 20.4 Å². The van der Waals surface area contributed by atoms with Gasteiger partial charge in [-0.15, -0.1) is 0 Å². The molecule has 7 heteroatoms. The minimum atomic E-state index is -0.236. The maximum atomic E-state index is 13.1. The lowest BCUT2D eigenvalue weighted by atomic mass is 10.1. The molecule has 2 aromatic rings. The summed E-state index contributed by atoms with van der Waals surface area (Å²) in [6, 6.07) is 11.9. The van der Waals surface area contributed by atoms with E-state index in [2.05, 4.69) is 15.5 Å². The summed E-state index contributed by atoms with van der Waals surface area (Å²) in [5, 5.41) is 5.89. The number of rotatable bonds is 4. The number of amides is 2. The first-order chi connectivity index (χ1) is 14.0. The SMILES string of the molecule is CN1CCC(=O)Nc2cc(C(=O)NCC3CCN(c4ccc(F)cc4)C3)ccc21. The maximum Gasteiger partial charge on any atom is 0.251 e. The molecule has 1 saturated heterocycles. The predicted molar refractivity (Wildman–Crippen MR) is 112 cm³/mol. The van der Waals surface area contributed by atoms with Crippen LogP contribution in [0.4, 0.5) is 21.5 Å². The summed E-state index contributed by atoms with van der Waals surface area (Å²) in [6.45, 7) is 2.96. The predicted octanol–water partition coefficient (Wildman–Crippen LogP) is 2.86. The molecule has 0 saturated carbocycles. The lowest BCUT2D eigenvalue weighted by molar-refractivity contribution is -0.115. The Hall–Kier alpha value is -3.09. The first kappa shape index (κ1) is 19.2. The quantitative estimate of drug-likeness (QED) is 0.834. The molecule has 2 heterocycles. The van der Waals surface area contributed by atoms with Crippen molar-refractivity contribution in [2.24, 2.45) is 5.92 Å². The van der Waals surface area contributed by atoms with Crippen LogP contribution in [0.2, 0.25) is 0 Å². The summed E-state index contributed by atoms with van der Waals surface area (Å²) in [6.07, 6.45) is 1.40. The minimum Gasteiger partial charge on any atom is -0.372 e. The smallest absolute Gasteiger partial charge is 0.251 e. The molecular formula is C22H25FN4O2. The van der Waals surface area contributed by atoms with Crippen LogP contribution in [0, 0.1) is 11.7 Å². The summed E-state index contributed by atoms with van der Waals surface area (Å²) in [5.41, 5.74) is 3.13. The first-order valence-corrected chi connectivity index (χ1v) is 9.93. The number of hydrogen-bond acceptors (Lipinski definition) is 4. The summed E-state index contributed by atoms with van der Waals surface area (Å²) < 4.78 is 13.1. The molecule has 4 rings (SSSR count). The van der Waals surface area contributed by atoms with E-state index in [1.165, 1.54) is 12.1 Å². The number of nitrogens with zero attached hydrogens (tertiary/aromatic N) is 2. The van der Waals surface area contributed by atoms with Crippen LogP contribution in [-0.4, -0.2) is 45.0 Å². The molecule has 1 unspecified atom stereocenters. The monoisotopic (exact) mass is 396 g/mol. The van der Waals surface area contributed by atoms with Crippen LogP contribution in [0.1, 0.15) is 23.2 Å². The van der Waals surface area contributed by atoms with Crippen LogP contribution in [0.15, 0.2) is 42.5 Å². The third-order valence-electron chi connectivity index (χ3n) is 5.65. The highest BCUT2D eigenvalue weighted by Crippen LogP contribution is 2.29. The number of nitrogens with one attached hydrogen (secondary N) is 2. The molecular weight excluding hydrogens is 371 g/mol. The van der Waals surface area contributed by atoms with Crippen LogP contribution in [0.3, 0.4) is 0 Å². The van der Waals surface area contributed by atoms with Crippen LogP contribution < -0.4 is 20.4 Å². The van der Waals surface area contributed by atoms with Gasteiger partial charge in [0.15, 0.2) is 0 Å². The number of carbonyl (C=O) groups is 2. The van der Waals surface area contributed by atoms with Crippen molar-refractivity contribution in [1.82, 2.24) is 5.32 Å². The highest BCUT2D eigenvalue weighted by atomic mass is 19.1. The summed E-state index contributed by atoms with van der Waals surface area (Å²) in [5.74, 6) is -0.0789. The van der Waals surface area contributed by atoms with Crippen LogP contribution in [0.25, 0.3) is 0 Å². The van der Waals surface area contributed by atoms with Crippen molar-refractivity contribution in [3.8, 4) is 0 Å². The zero-order chi connectivity index (χ0) is 20.4. The Morgan fingerprint density at radius 2 is 2.00 bits per heavy atom. The van der Waals surface area contributed by atoms with E-state index in [0.29, 0.717) is 36.7 Å². The van der Waals surface area contributed by atoms with E-state index in [1.807, 2.05) is 18.0 Å². The highest BCUT2D eigenvalue weighted by molar-refractivity contribution is 6.00. The van der Waals surface area contributed by atoms with Gasteiger partial charge in [-0.3, -0.25) is 9.59 Å². The standard InChI is InChI=1S/C22H25FN4O2/c1-26-10-9-21(28)25-19-12-16(2-7-20(19)26)22(29)24-13-15-8-11-27(14-15)18-5-3-17(23)4-6-18/h2-7,12,15H,8-11,13-14H2,1H3,(H,24,29)(H,25,28). The second kappa shape index (κ2) is 8.11. The number of fused-ring (bicyclic) bond motifs is 1. The Kier molecular flexibility index (Phi) is 5.38. The number of halogens is 1. The third kappa shape index (κ3) is 4.34. The molecule has 2 aliphatic heterocycles. The van der Waals surface area contributed by atoms with E-state index in [-0.39, 0.29) is 17.6 Å². The molecule has 2 aromatic carbocycles. The molecule has 0 bridgehead atoms. The fourth-order valence-electron chi connectivity index (χ4n) is 3.94. The molecule has 1 atom stereocenters. The molecule has 1 fully saturated rings. The fourth-order valence-corrected chi connectivity index (χ4v) is 3.94. The van der Waals surface area contributed by atoms with Crippen LogP contribution in [0.5, 0.6) is 0 Å². The summed E-state index contributed by atoms with van der Waals surface area (Å²) in [7, 11) is 1.94. The molecule has 0 aliphatic carbocycles. The van der Waals surface area contributed by atoms with E-state index in [9.17, 15) is 14.0 Å². The topological polar surface area (TPSA) is 64.7 Å². The van der Waals surface area contributed by atoms with Gasteiger partial charge in [-0.05, 0) is 54.8 Å². The largest absolute Gasteiger partial charge is 0.372 e. The Bertz CT molecular complexity index is 916. The maximum absolute atomic E-state index is 13.1. The lowest BCUT2D eigenvalue weighted by Crippen LogP contribution is -2.31. The Morgan fingerprint density at radius 3 is 2.79 bits per heavy atom. The van der Waals surface area contributed by atoms with Gasteiger partial charge >= 0.3 is 0 Å². The third-order valence-corrected chi connectivity index (χ3v) is 5.65. The Morgan fingerprint density at radius 1 is 1.21 bits per heavy atom. The number of carbonyl (C=O) groups excluding carboxylic acids is 2. The molecule has 6 nitrogen and oxygen atoms in total. The van der Waals surface area contributed by atoms with Crippen LogP contribution in [-0.2, 0) is 4.79 Å². The summed E-state index contributed by atoms with van der Waals surface area (Å²) in [4.78, 5) is 28.7. The second-order valence-electron chi connectivity index (χ2n) is 7.74. The van der Waals surface area contributed by atoms with Gasteiger partial charge in [0.25, 0.3) is 5.91 Å². The first-order valence-electron chi connectivity index (χ1n) is 9.93. The number of hydrogen-bond donors (Lipinski definition) is 2.